The molecular formula is C9H21NO2S2. The van der Waals surface area contributed by atoms with Gasteiger partial charge < -0.3 is 4.90 Å². The highest BCUT2D eigenvalue weighted by Gasteiger charge is 2.04. The standard InChI is InChI=1S/C9H21NO2S2/c1-10(6-4-3-5-8-13)7-9-14(2,11)12/h13H,3-9H2,1-2H3. The number of hydrogen-bond donors (Lipinski definition) is 1. The molecule has 0 aliphatic carbocycles. The molecule has 0 rings (SSSR count). The average Bonchev–Trinajstić information content (AvgIpc) is 2.08. The predicted octanol–water partition coefficient (Wildman–Crippen LogP) is 1.06. The van der Waals surface area contributed by atoms with Crippen LogP contribution < -0.4 is 0 Å². The van der Waals surface area contributed by atoms with Crippen molar-refractivity contribution in [1.82, 2.24) is 4.90 Å². The zero-order chi connectivity index (χ0) is 11.0. The van der Waals surface area contributed by atoms with E-state index in [1.807, 2.05) is 7.05 Å². The molecule has 0 aromatic carbocycles. The highest BCUT2D eigenvalue weighted by Crippen LogP contribution is 1.98. The van der Waals surface area contributed by atoms with Gasteiger partial charge in [0.2, 0.25) is 0 Å². The summed E-state index contributed by atoms with van der Waals surface area (Å²) in [5.41, 5.74) is 0. The molecule has 0 radical (unpaired) electrons. The van der Waals surface area contributed by atoms with Crippen LogP contribution in [0.25, 0.3) is 0 Å². The van der Waals surface area contributed by atoms with Crippen molar-refractivity contribution in [3.8, 4) is 0 Å². The van der Waals surface area contributed by atoms with Crippen molar-refractivity contribution in [2.45, 2.75) is 19.3 Å². The van der Waals surface area contributed by atoms with Gasteiger partial charge in [-0.3, -0.25) is 0 Å². The molecule has 0 amide bonds. The Labute approximate surface area is 93.2 Å². The maximum Gasteiger partial charge on any atom is 0.148 e. The van der Waals surface area contributed by atoms with E-state index < -0.39 is 9.84 Å². The quantitative estimate of drug-likeness (QED) is 0.508. The fraction of sp³-hybridized carbons (Fsp3) is 1.00. The molecule has 14 heavy (non-hydrogen) atoms. The van der Waals surface area contributed by atoms with Crippen LogP contribution in [0.15, 0.2) is 0 Å². The van der Waals surface area contributed by atoms with Crippen molar-refractivity contribution in [2.75, 3.05) is 37.9 Å². The summed E-state index contributed by atoms with van der Waals surface area (Å²) in [7, 11) is -0.844. The number of sulfone groups is 1. The van der Waals surface area contributed by atoms with Gasteiger partial charge in [0.15, 0.2) is 0 Å². The first-order valence-electron chi connectivity index (χ1n) is 4.93. The Morgan fingerprint density at radius 2 is 1.79 bits per heavy atom. The van der Waals surface area contributed by atoms with Crippen molar-refractivity contribution in [2.24, 2.45) is 0 Å². The van der Waals surface area contributed by atoms with Crippen LogP contribution >= 0.6 is 12.6 Å². The predicted molar refractivity (Wildman–Crippen MR) is 64.9 cm³/mol. The smallest absolute Gasteiger partial charge is 0.148 e. The Bertz CT molecular complexity index is 227. The van der Waals surface area contributed by atoms with Crippen molar-refractivity contribution in [3.05, 3.63) is 0 Å². The first-order valence-corrected chi connectivity index (χ1v) is 7.62. The van der Waals surface area contributed by atoms with Gasteiger partial charge in [-0.2, -0.15) is 12.6 Å². The molecule has 0 atom stereocenters. The monoisotopic (exact) mass is 239 g/mol. The van der Waals surface area contributed by atoms with E-state index in [9.17, 15) is 8.42 Å². The van der Waals surface area contributed by atoms with Gasteiger partial charge >= 0.3 is 0 Å². The maximum absolute atomic E-state index is 10.9. The summed E-state index contributed by atoms with van der Waals surface area (Å²) in [5, 5.41) is 0. The van der Waals surface area contributed by atoms with E-state index in [2.05, 4.69) is 17.5 Å². The Kier molecular flexibility index (Phi) is 7.68. The first-order chi connectivity index (χ1) is 6.45. The molecular weight excluding hydrogens is 218 g/mol. The van der Waals surface area contributed by atoms with Crippen molar-refractivity contribution in [3.63, 3.8) is 0 Å². The van der Waals surface area contributed by atoms with E-state index >= 15 is 0 Å². The average molecular weight is 239 g/mol. The van der Waals surface area contributed by atoms with E-state index in [1.54, 1.807) is 0 Å². The van der Waals surface area contributed by atoms with Gasteiger partial charge in [0.25, 0.3) is 0 Å². The Balaban J connectivity index is 3.42. The highest BCUT2D eigenvalue weighted by molar-refractivity contribution is 7.90. The van der Waals surface area contributed by atoms with Gasteiger partial charge in [-0.1, -0.05) is 6.42 Å². The van der Waals surface area contributed by atoms with Gasteiger partial charge in [-0.15, -0.1) is 0 Å². The van der Waals surface area contributed by atoms with Crippen LogP contribution in [0.5, 0.6) is 0 Å². The summed E-state index contributed by atoms with van der Waals surface area (Å²) >= 11 is 4.13. The number of unbranched alkanes of at least 4 members (excludes halogenated alkanes) is 2. The largest absolute Gasteiger partial charge is 0.305 e. The van der Waals surface area contributed by atoms with Gasteiger partial charge in [-0.05, 0) is 32.2 Å². The summed E-state index contributed by atoms with van der Waals surface area (Å²) in [6, 6.07) is 0. The fourth-order valence-corrected chi connectivity index (χ4v) is 1.97. The minimum atomic E-state index is -2.81. The van der Waals surface area contributed by atoms with E-state index in [4.69, 9.17) is 0 Å². The summed E-state index contributed by atoms with van der Waals surface area (Å²) in [6.07, 6.45) is 4.72. The van der Waals surface area contributed by atoms with E-state index in [-0.39, 0.29) is 5.75 Å². The van der Waals surface area contributed by atoms with Crippen molar-refractivity contribution in [1.29, 1.82) is 0 Å². The SMILES string of the molecule is CN(CCCCCS)CCS(C)(=O)=O. The van der Waals surface area contributed by atoms with Crippen LogP contribution in [0.1, 0.15) is 19.3 Å². The number of thiol groups is 1. The third-order valence-electron chi connectivity index (χ3n) is 2.04. The molecule has 0 fully saturated rings. The lowest BCUT2D eigenvalue weighted by Crippen LogP contribution is -2.26. The molecule has 0 heterocycles. The van der Waals surface area contributed by atoms with Crippen LogP contribution in [0.2, 0.25) is 0 Å². The lowest BCUT2D eigenvalue weighted by Gasteiger charge is -2.15. The molecule has 0 N–H and O–H groups in total. The van der Waals surface area contributed by atoms with Crippen LogP contribution in [0.3, 0.4) is 0 Å². The van der Waals surface area contributed by atoms with Crippen LogP contribution in [-0.4, -0.2) is 51.2 Å². The summed E-state index contributed by atoms with van der Waals surface area (Å²) in [4.78, 5) is 2.07. The molecule has 0 bridgehead atoms. The molecule has 0 aromatic heterocycles. The van der Waals surface area contributed by atoms with E-state index in [0.717, 1.165) is 25.1 Å². The number of rotatable bonds is 8. The maximum atomic E-state index is 10.9. The Morgan fingerprint density at radius 1 is 1.14 bits per heavy atom. The van der Waals surface area contributed by atoms with Crippen LogP contribution in [0.4, 0.5) is 0 Å². The summed E-state index contributed by atoms with van der Waals surface area (Å²) < 4.78 is 21.8. The van der Waals surface area contributed by atoms with Crippen molar-refractivity contribution >= 4 is 22.5 Å². The van der Waals surface area contributed by atoms with E-state index in [0.29, 0.717) is 6.54 Å². The molecule has 0 aliphatic heterocycles. The van der Waals surface area contributed by atoms with Crippen LogP contribution in [0, 0.1) is 0 Å². The lowest BCUT2D eigenvalue weighted by molar-refractivity contribution is 0.343. The highest BCUT2D eigenvalue weighted by atomic mass is 32.2. The fourth-order valence-electron chi connectivity index (χ4n) is 1.10. The van der Waals surface area contributed by atoms with Gasteiger partial charge in [0.05, 0.1) is 5.75 Å². The molecule has 0 saturated heterocycles. The molecule has 0 spiro atoms. The zero-order valence-electron chi connectivity index (χ0n) is 9.07. The minimum Gasteiger partial charge on any atom is -0.305 e. The number of hydrogen-bond acceptors (Lipinski definition) is 4. The Morgan fingerprint density at radius 3 is 2.29 bits per heavy atom. The topological polar surface area (TPSA) is 37.4 Å². The molecule has 5 heteroatoms. The summed E-state index contributed by atoms with van der Waals surface area (Å²) in [6.45, 7) is 1.61. The molecule has 0 aromatic rings. The lowest BCUT2D eigenvalue weighted by atomic mass is 10.2. The molecule has 0 aliphatic rings. The van der Waals surface area contributed by atoms with Crippen LogP contribution in [-0.2, 0) is 9.84 Å². The Hall–Kier alpha value is 0.260. The van der Waals surface area contributed by atoms with Crippen molar-refractivity contribution < 1.29 is 8.42 Å². The second-order valence-electron chi connectivity index (χ2n) is 3.72. The minimum absolute atomic E-state index is 0.260. The molecule has 3 nitrogen and oxygen atoms in total. The summed E-state index contributed by atoms with van der Waals surface area (Å²) in [5.74, 6) is 1.20. The third-order valence-corrected chi connectivity index (χ3v) is 3.28. The van der Waals surface area contributed by atoms with E-state index in [1.165, 1.54) is 12.7 Å². The number of nitrogens with zero attached hydrogens (tertiary/aromatic N) is 1. The first kappa shape index (κ1) is 14.3. The van der Waals surface area contributed by atoms with Gasteiger partial charge in [0.1, 0.15) is 9.84 Å². The second kappa shape index (κ2) is 7.54. The van der Waals surface area contributed by atoms with Gasteiger partial charge in [0, 0.05) is 12.8 Å². The third kappa shape index (κ3) is 10.3. The second-order valence-corrected chi connectivity index (χ2v) is 6.42. The molecule has 0 saturated carbocycles. The normalized spacial score (nSPS) is 12.3. The molecule has 0 unspecified atom stereocenters. The zero-order valence-corrected chi connectivity index (χ0v) is 10.8. The molecule has 86 valence electrons. The van der Waals surface area contributed by atoms with Gasteiger partial charge in [-0.25, -0.2) is 8.42 Å².